The highest BCUT2D eigenvalue weighted by molar-refractivity contribution is 6.07. The van der Waals surface area contributed by atoms with Crippen molar-refractivity contribution in [1.82, 2.24) is 9.55 Å². The van der Waals surface area contributed by atoms with E-state index in [2.05, 4.69) is 4.98 Å². The number of nitrogens with one attached hydrogen (secondary N) is 1. The van der Waals surface area contributed by atoms with E-state index in [9.17, 15) is 14.0 Å². The summed E-state index contributed by atoms with van der Waals surface area (Å²) >= 11 is 0. The van der Waals surface area contributed by atoms with Crippen molar-refractivity contribution in [2.45, 2.75) is 0 Å². The van der Waals surface area contributed by atoms with E-state index in [1.165, 1.54) is 22.8 Å². The second-order valence-corrected chi connectivity index (χ2v) is 7.21. The van der Waals surface area contributed by atoms with Gasteiger partial charge in [0.2, 0.25) is 0 Å². The fourth-order valence-electron chi connectivity index (χ4n) is 3.40. The summed E-state index contributed by atoms with van der Waals surface area (Å²) in [4.78, 5) is 28.0. The van der Waals surface area contributed by atoms with Gasteiger partial charge in [-0.25, -0.2) is 9.18 Å². The molecule has 33 heavy (non-hydrogen) atoms. The lowest BCUT2D eigenvalue weighted by atomic mass is 10.1. The van der Waals surface area contributed by atoms with Gasteiger partial charge in [-0.15, -0.1) is 0 Å². The molecule has 0 aliphatic carbocycles. The molecule has 0 amide bonds. The molecule has 0 spiro atoms. The zero-order chi connectivity index (χ0) is 23.4. The van der Waals surface area contributed by atoms with Crippen molar-refractivity contribution in [2.75, 3.05) is 14.2 Å². The van der Waals surface area contributed by atoms with Gasteiger partial charge in [0.25, 0.3) is 0 Å². The molecular weight excluding hydrogens is 423 g/mol. The second kappa shape index (κ2) is 9.40. The molecule has 0 radical (unpaired) electrons. The minimum absolute atomic E-state index is 0.214. The van der Waals surface area contributed by atoms with Gasteiger partial charge >= 0.3 is 5.69 Å². The van der Waals surface area contributed by atoms with Crippen LogP contribution in [0.3, 0.4) is 0 Å². The molecule has 4 rings (SSSR count). The van der Waals surface area contributed by atoms with Crippen LogP contribution in [0.4, 0.5) is 4.39 Å². The van der Waals surface area contributed by atoms with Crippen LogP contribution in [0.15, 0.2) is 83.8 Å². The molecule has 0 aliphatic rings. The van der Waals surface area contributed by atoms with Crippen LogP contribution in [0, 0.1) is 5.82 Å². The summed E-state index contributed by atoms with van der Waals surface area (Å²) in [6.45, 7) is 0. The first-order chi connectivity index (χ1) is 16.0. The van der Waals surface area contributed by atoms with Crippen LogP contribution in [0.5, 0.6) is 11.5 Å². The number of aromatic nitrogens is 2. The average molecular weight is 444 g/mol. The van der Waals surface area contributed by atoms with Crippen LogP contribution >= 0.6 is 0 Å². The lowest BCUT2D eigenvalue weighted by Gasteiger charge is -2.07. The Morgan fingerprint density at radius 2 is 1.73 bits per heavy atom. The Morgan fingerprint density at radius 3 is 2.45 bits per heavy atom. The van der Waals surface area contributed by atoms with Crippen molar-refractivity contribution in [3.8, 4) is 28.4 Å². The first-order valence-electron chi connectivity index (χ1n) is 10.1. The van der Waals surface area contributed by atoms with Crippen molar-refractivity contribution >= 4 is 11.9 Å². The number of nitrogens with zero attached hydrogens (tertiary/aromatic N) is 1. The van der Waals surface area contributed by atoms with Gasteiger partial charge in [-0.05, 0) is 65.7 Å². The van der Waals surface area contributed by atoms with Crippen molar-refractivity contribution in [3.05, 3.63) is 106 Å². The standard InChI is InChI=1S/C26H21FN2O4/c1-32-24-13-7-17(14-25(24)33-2)6-12-23(30)19-4-3-5-21(15-19)29-16-22(28-26(29)31)18-8-10-20(27)11-9-18/h3-16H,1-2H3,(H,28,31). The Labute approximate surface area is 189 Å². The molecule has 7 heteroatoms. The molecule has 1 aromatic heterocycles. The molecule has 0 saturated carbocycles. The molecule has 166 valence electrons. The van der Waals surface area contributed by atoms with Crippen LogP contribution < -0.4 is 15.2 Å². The zero-order valence-electron chi connectivity index (χ0n) is 18.0. The summed E-state index contributed by atoms with van der Waals surface area (Å²) in [5.41, 5.74) is 2.61. The summed E-state index contributed by atoms with van der Waals surface area (Å²) in [5, 5.41) is 0. The van der Waals surface area contributed by atoms with Gasteiger partial charge in [0.15, 0.2) is 17.3 Å². The Balaban J connectivity index is 1.58. The van der Waals surface area contributed by atoms with E-state index in [1.807, 2.05) is 6.07 Å². The number of imidazole rings is 1. The van der Waals surface area contributed by atoms with E-state index in [4.69, 9.17) is 9.47 Å². The molecular formula is C26H21FN2O4. The third-order valence-corrected chi connectivity index (χ3v) is 5.12. The largest absolute Gasteiger partial charge is 0.493 e. The number of ether oxygens (including phenoxy) is 2. The van der Waals surface area contributed by atoms with Gasteiger partial charge in [-0.2, -0.15) is 0 Å². The van der Waals surface area contributed by atoms with E-state index in [0.29, 0.717) is 34.0 Å². The lowest BCUT2D eigenvalue weighted by Crippen LogP contribution is -2.14. The third kappa shape index (κ3) is 4.77. The monoisotopic (exact) mass is 444 g/mol. The van der Waals surface area contributed by atoms with Gasteiger partial charge in [0, 0.05) is 11.8 Å². The number of halogens is 1. The molecule has 0 bridgehead atoms. The Morgan fingerprint density at radius 1 is 0.970 bits per heavy atom. The Kier molecular flexibility index (Phi) is 6.22. The second-order valence-electron chi connectivity index (χ2n) is 7.21. The van der Waals surface area contributed by atoms with E-state index in [0.717, 1.165) is 5.56 Å². The first kappa shape index (κ1) is 21.8. The molecule has 1 N–H and O–H groups in total. The Bertz CT molecular complexity index is 1380. The number of H-pyrrole nitrogens is 1. The molecule has 0 unspecified atom stereocenters. The number of methoxy groups -OCH3 is 2. The Hall–Kier alpha value is -4.39. The number of hydrogen-bond donors (Lipinski definition) is 1. The van der Waals surface area contributed by atoms with Crippen LogP contribution in [0.25, 0.3) is 23.0 Å². The number of rotatable bonds is 7. The van der Waals surface area contributed by atoms with E-state index >= 15 is 0 Å². The predicted octanol–water partition coefficient (Wildman–Crippen LogP) is 4.89. The van der Waals surface area contributed by atoms with Gasteiger partial charge in [0.05, 0.1) is 25.6 Å². The van der Waals surface area contributed by atoms with Crippen molar-refractivity contribution < 1.29 is 18.7 Å². The van der Waals surface area contributed by atoms with Crippen LogP contribution in [-0.2, 0) is 0 Å². The lowest BCUT2D eigenvalue weighted by molar-refractivity contribution is 0.104. The number of hydrogen-bond acceptors (Lipinski definition) is 4. The van der Waals surface area contributed by atoms with Crippen molar-refractivity contribution in [3.63, 3.8) is 0 Å². The SMILES string of the molecule is COc1ccc(C=CC(=O)c2cccc(-n3cc(-c4ccc(F)cc4)[nH]c3=O)c2)cc1OC. The predicted molar refractivity (Wildman–Crippen MR) is 125 cm³/mol. The maximum absolute atomic E-state index is 13.2. The molecule has 6 nitrogen and oxygen atoms in total. The summed E-state index contributed by atoms with van der Waals surface area (Å²) in [6, 6.07) is 18.0. The third-order valence-electron chi connectivity index (χ3n) is 5.12. The normalized spacial score (nSPS) is 11.0. The number of carbonyl (C=O) groups is 1. The maximum Gasteiger partial charge on any atom is 0.330 e. The topological polar surface area (TPSA) is 73.3 Å². The van der Waals surface area contributed by atoms with Crippen LogP contribution in [0.1, 0.15) is 15.9 Å². The number of allylic oxidation sites excluding steroid dienone is 1. The van der Waals surface area contributed by atoms with E-state index in [-0.39, 0.29) is 17.3 Å². The average Bonchev–Trinajstić information content (AvgIpc) is 3.24. The summed E-state index contributed by atoms with van der Waals surface area (Å²) in [5.74, 6) is 0.602. The summed E-state index contributed by atoms with van der Waals surface area (Å²) in [6.07, 6.45) is 4.77. The van der Waals surface area contributed by atoms with Crippen molar-refractivity contribution in [1.29, 1.82) is 0 Å². The van der Waals surface area contributed by atoms with Crippen LogP contribution in [-0.4, -0.2) is 29.6 Å². The number of aromatic amines is 1. The minimum atomic E-state index is -0.361. The molecule has 4 aromatic rings. The van der Waals surface area contributed by atoms with Crippen molar-refractivity contribution in [2.24, 2.45) is 0 Å². The number of carbonyl (C=O) groups excluding carboxylic acids is 1. The van der Waals surface area contributed by atoms with Crippen LogP contribution in [0.2, 0.25) is 0 Å². The maximum atomic E-state index is 13.2. The summed E-state index contributed by atoms with van der Waals surface area (Å²) in [7, 11) is 3.11. The smallest absolute Gasteiger partial charge is 0.330 e. The summed E-state index contributed by atoms with van der Waals surface area (Å²) < 4.78 is 25.1. The van der Waals surface area contributed by atoms with Gasteiger partial charge in [-0.3, -0.25) is 9.36 Å². The fraction of sp³-hybridized carbons (Fsp3) is 0.0769. The number of benzene rings is 3. The van der Waals surface area contributed by atoms with Gasteiger partial charge < -0.3 is 14.5 Å². The number of ketones is 1. The van der Waals surface area contributed by atoms with Gasteiger partial charge in [0.1, 0.15) is 5.82 Å². The van der Waals surface area contributed by atoms with Gasteiger partial charge in [-0.1, -0.05) is 24.3 Å². The highest BCUT2D eigenvalue weighted by Crippen LogP contribution is 2.28. The molecule has 0 fully saturated rings. The molecule has 0 aliphatic heterocycles. The van der Waals surface area contributed by atoms with E-state index < -0.39 is 0 Å². The molecule has 1 heterocycles. The minimum Gasteiger partial charge on any atom is -0.493 e. The zero-order valence-corrected chi connectivity index (χ0v) is 18.0. The highest BCUT2D eigenvalue weighted by atomic mass is 19.1. The quantitative estimate of drug-likeness (QED) is 0.326. The molecule has 3 aromatic carbocycles. The highest BCUT2D eigenvalue weighted by Gasteiger charge is 2.10. The first-order valence-corrected chi connectivity index (χ1v) is 10.1. The van der Waals surface area contributed by atoms with E-state index in [1.54, 1.807) is 75.0 Å². The fourth-order valence-corrected chi connectivity index (χ4v) is 3.40. The molecule has 0 saturated heterocycles. The molecule has 0 atom stereocenters.